The first-order valence-corrected chi connectivity index (χ1v) is 14.0. The van der Waals surface area contributed by atoms with E-state index in [1.165, 1.54) is 30.8 Å². The Balaban J connectivity index is 2.08. The summed E-state index contributed by atoms with van der Waals surface area (Å²) in [5.41, 5.74) is -4.19. The molecule has 2 heterocycles. The average molecular weight is 602 g/mol. The summed E-state index contributed by atoms with van der Waals surface area (Å²) in [7, 11) is 1.37. The largest absolute Gasteiger partial charge is 0.476 e. The summed E-state index contributed by atoms with van der Waals surface area (Å²) in [5.74, 6) is -1.73. The van der Waals surface area contributed by atoms with Gasteiger partial charge in [0, 0.05) is 26.2 Å². The van der Waals surface area contributed by atoms with Gasteiger partial charge in [-0.2, -0.15) is 13.2 Å². The lowest BCUT2D eigenvalue weighted by Gasteiger charge is -2.42. The number of amides is 3. The van der Waals surface area contributed by atoms with E-state index in [2.05, 4.69) is 0 Å². The molecule has 1 N–H and O–H groups in total. The van der Waals surface area contributed by atoms with Crippen LogP contribution in [-0.2, 0) is 20.4 Å². The van der Waals surface area contributed by atoms with Crippen molar-refractivity contribution in [1.82, 2.24) is 9.80 Å². The number of benzene rings is 1. The summed E-state index contributed by atoms with van der Waals surface area (Å²) < 4.78 is 59.5. The number of halogens is 3. The predicted octanol–water partition coefficient (Wildman–Crippen LogP) is 4.47. The van der Waals surface area contributed by atoms with Crippen LogP contribution in [0.25, 0.3) is 0 Å². The molecule has 42 heavy (non-hydrogen) atoms. The molecule has 2 atom stereocenters. The van der Waals surface area contributed by atoms with E-state index in [1.54, 1.807) is 34.6 Å². The third kappa shape index (κ3) is 7.47. The van der Waals surface area contributed by atoms with E-state index < -0.39 is 64.6 Å². The van der Waals surface area contributed by atoms with Gasteiger partial charge in [-0.05, 0) is 73.4 Å². The van der Waals surface area contributed by atoms with Gasteiger partial charge in [0.05, 0.1) is 42.1 Å². The number of anilines is 1. The number of fused-ring (bicyclic) bond motifs is 1. The maximum atomic E-state index is 14.5. The zero-order chi connectivity index (χ0) is 31.8. The van der Waals surface area contributed by atoms with Gasteiger partial charge in [-0.15, -0.1) is 0 Å². The lowest BCUT2D eigenvalue weighted by molar-refractivity contribution is -0.138. The Kier molecular flexibility index (Phi) is 9.77. The number of aliphatic hydroxyl groups is 1. The molecule has 236 valence electrons. The van der Waals surface area contributed by atoms with Crippen molar-refractivity contribution in [3.05, 3.63) is 23.3 Å². The normalized spacial score (nSPS) is 19.7. The fraction of sp³-hybridized carbons (Fsp3) is 0.690. The summed E-state index contributed by atoms with van der Waals surface area (Å²) in [6, 6.07) is 0.650. The first kappa shape index (κ1) is 33.4. The van der Waals surface area contributed by atoms with Gasteiger partial charge in [-0.25, -0.2) is 4.79 Å². The first-order valence-electron chi connectivity index (χ1n) is 14.0. The van der Waals surface area contributed by atoms with Crippen LogP contribution in [0.5, 0.6) is 5.75 Å². The molecule has 10 nitrogen and oxygen atoms in total. The summed E-state index contributed by atoms with van der Waals surface area (Å²) >= 11 is 0. The van der Waals surface area contributed by atoms with Crippen molar-refractivity contribution >= 4 is 23.6 Å². The molecule has 3 rings (SSSR count). The zero-order valence-corrected chi connectivity index (χ0v) is 25.5. The number of nitrogens with zero attached hydrogens (tertiary/aromatic N) is 3. The number of ether oxygens (including phenoxy) is 3. The maximum absolute atomic E-state index is 14.5. The summed E-state index contributed by atoms with van der Waals surface area (Å²) in [4.78, 5) is 44.1. The lowest BCUT2D eigenvalue weighted by atomic mass is 9.96. The number of rotatable bonds is 7. The van der Waals surface area contributed by atoms with Gasteiger partial charge < -0.3 is 34.0 Å². The Morgan fingerprint density at radius 1 is 1.21 bits per heavy atom. The molecule has 1 unspecified atom stereocenters. The SMILES string of the molecule is COCC(O)CN1C(=O)C(C)(C)Oc2cc(C(F)(F)F)c(C(=O)N(C(C)C)[C@@H]3CCCN(C(=O)OC(C)(C)C)C3)cc21. The Morgan fingerprint density at radius 3 is 2.40 bits per heavy atom. The van der Waals surface area contributed by atoms with Gasteiger partial charge in [0.2, 0.25) is 0 Å². The van der Waals surface area contributed by atoms with Gasteiger partial charge in [0.1, 0.15) is 11.4 Å². The number of carbonyl (C=O) groups excluding carboxylic acids is 3. The number of hydrogen-bond acceptors (Lipinski definition) is 7. The van der Waals surface area contributed by atoms with Crippen molar-refractivity contribution in [3.8, 4) is 5.75 Å². The summed E-state index contributed by atoms with van der Waals surface area (Å²) in [5, 5.41) is 10.4. The van der Waals surface area contributed by atoms with E-state index in [0.29, 0.717) is 19.4 Å². The van der Waals surface area contributed by atoms with E-state index in [0.717, 1.165) is 17.0 Å². The van der Waals surface area contributed by atoms with Crippen molar-refractivity contribution in [2.45, 2.75) is 96.9 Å². The van der Waals surface area contributed by atoms with Crippen LogP contribution in [0.4, 0.5) is 23.7 Å². The highest BCUT2D eigenvalue weighted by Crippen LogP contribution is 2.44. The van der Waals surface area contributed by atoms with Crippen LogP contribution in [0, 0.1) is 0 Å². The van der Waals surface area contributed by atoms with Gasteiger partial charge in [-0.1, -0.05) is 0 Å². The standard InChI is InChI=1S/C29H42F3N3O7/c1-17(2)35(18-10-9-11-33(14-18)26(39)42-27(3,4)5)24(37)20-12-22-23(13-21(20)29(30,31)32)41-28(6,7)25(38)34(22)15-19(36)16-40-8/h12-13,17-19,36H,9-11,14-16H2,1-8H3/t18-,19?/m1/s1. The molecule has 1 saturated heterocycles. The highest BCUT2D eigenvalue weighted by Gasteiger charge is 2.46. The predicted molar refractivity (Wildman–Crippen MR) is 149 cm³/mol. The molecule has 0 aliphatic carbocycles. The van der Waals surface area contributed by atoms with Crippen LogP contribution >= 0.6 is 0 Å². The van der Waals surface area contributed by atoms with E-state index in [9.17, 15) is 32.7 Å². The highest BCUT2D eigenvalue weighted by molar-refractivity contribution is 6.05. The molecule has 1 aromatic rings. The molecule has 0 bridgehead atoms. The topological polar surface area (TPSA) is 109 Å². The number of likely N-dealkylation sites (tertiary alicyclic amines) is 1. The minimum absolute atomic E-state index is 0.0615. The second-order valence-electron chi connectivity index (χ2n) is 12.5. The van der Waals surface area contributed by atoms with Gasteiger partial charge >= 0.3 is 12.3 Å². The number of methoxy groups -OCH3 is 1. The monoisotopic (exact) mass is 601 g/mol. The van der Waals surface area contributed by atoms with Crippen LogP contribution in [-0.4, -0.2) is 95.6 Å². The second kappa shape index (κ2) is 12.3. The molecule has 0 saturated carbocycles. The number of β-amino-alcohol motifs (C(OH)–C–C–N with tert-alkyl or cyclic N) is 1. The number of piperidine rings is 1. The fourth-order valence-electron chi connectivity index (χ4n) is 5.30. The smallest absolute Gasteiger partial charge is 0.417 e. The van der Waals surface area contributed by atoms with Crippen molar-refractivity contribution in [1.29, 1.82) is 0 Å². The van der Waals surface area contributed by atoms with Crippen LogP contribution in [0.2, 0.25) is 0 Å². The third-order valence-corrected chi connectivity index (χ3v) is 7.04. The quantitative estimate of drug-likeness (QED) is 0.492. The van der Waals surface area contributed by atoms with E-state index in [1.807, 2.05) is 0 Å². The van der Waals surface area contributed by atoms with Crippen LogP contribution in [0.15, 0.2) is 12.1 Å². The lowest BCUT2D eigenvalue weighted by Crippen LogP contribution is -2.55. The van der Waals surface area contributed by atoms with Crippen LogP contribution < -0.4 is 9.64 Å². The molecule has 0 radical (unpaired) electrons. The Bertz CT molecular complexity index is 1180. The maximum Gasteiger partial charge on any atom is 0.417 e. The summed E-state index contributed by atoms with van der Waals surface area (Å²) in [6.45, 7) is 11.5. The van der Waals surface area contributed by atoms with Crippen molar-refractivity contribution in [2.75, 3.05) is 38.3 Å². The van der Waals surface area contributed by atoms with E-state index in [-0.39, 0.29) is 31.1 Å². The Morgan fingerprint density at radius 2 is 1.86 bits per heavy atom. The number of hydrogen-bond donors (Lipinski definition) is 1. The highest BCUT2D eigenvalue weighted by atomic mass is 19.4. The molecule has 3 amide bonds. The van der Waals surface area contributed by atoms with E-state index in [4.69, 9.17) is 14.2 Å². The third-order valence-electron chi connectivity index (χ3n) is 7.04. The zero-order valence-electron chi connectivity index (χ0n) is 25.5. The van der Waals surface area contributed by atoms with Gasteiger partial charge in [0.15, 0.2) is 5.60 Å². The molecule has 13 heteroatoms. The van der Waals surface area contributed by atoms with E-state index >= 15 is 0 Å². The minimum atomic E-state index is -4.92. The summed E-state index contributed by atoms with van der Waals surface area (Å²) in [6.07, 6.45) is -5.63. The second-order valence-corrected chi connectivity index (χ2v) is 12.5. The molecule has 1 aromatic carbocycles. The molecule has 1 fully saturated rings. The van der Waals surface area contributed by atoms with Gasteiger partial charge in [0.25, 0.3) is 11.8 Å². The molecule has 2 aliphatic heterocycles. The van der Waals surface area contributed by atoms with Crippen molar-refractivity contribution in [3.63, 3.8) is 0 Å². The molecule has 0 spiro atoms. The first-order chi connectivity index (χ1) is 19.3. The Hall–Kier alpha value is -3.06. The number of aliphatic hydroxyl groups excluding tert-OH is 1. The fourth-order valence-corrected chi connectivity index (χ4v) is 5.30. The molecular weight excluding hydrogens is 559 g/mol. The molecule has 0 aromatic heterocycles. The minimum Gasteiger partial charge on any atom is -0.476 e. The Labute approximate surface area is 244 Å². The van der Waals surface area contributed by atoms with Crippen LogP contribution in [0.1, 0.15) is 77.2 Å². The van der Waals surface area contributed by atoms with Gasteiger partial charge in [-0.3, -0.25) is 9.59 Å². The number of carbonyl (C=O) groups is 3. The molecular formula is C29H42F3N3O7. The van der Waals surface area contributed by atoms with Crippen molar-refractivity contribution in [2.24, 2.45) is 0 Å². The molecule has 2 aliphatic rings. The average Bonchev–Trinajstić information content (AvgIpc) is 2.84. The van der Waals surface area contributed by atoms with Crippen LogP contribution in [0.3, 0.4) is 0 Å². The van der Waals surface area contributed by atoms with Crippen molar-refractivity contribution < 1.29 is 46.9 Å². The number of alkyl halides is 3.